The molecular formula is C13H6Cl3NOS. The molecular weight excluding hydrogens is 325 g/mol. The predicted molar refractivity (Wildman–Crippen MR) is 78.5 cm³/mol. The molecule has 0 spiro atoms. The maximum Gasteiger partial charge on any atom is 0.194 e. The van der Waals surface area contributed by atoms with E-state index in [2.05, 4.69) is 0 Å². The summed E-state index contributed by atoms with van der Waals surface area (Å²) in [5, 5.41) is 9.90. The van der Waals surface area contributed by atoms with Gasteiger partial charge in [0.15, 0.2) is 5.78 Å². The third kappa shape index (κ3) is 3.10. The van der Waals surface area contributed by atoms with Crippen LogP contribution in [0.15, 0.2) is 30.3 Å². The molecule has 1 heterocycles. The molecule has 1 unspecified atom stereocenters. The number of hydrogen-bond acceptors (Lipinski definition) is 3. The van der Waals surface area contributed by atoms with Crippen LogP contribution in [0.3, 0.4) is 0 Å². The lowest BCUT2D eigenvalue weighted by Gasteiger charge is -2.08. The van der Waals surface area contributed by atoms with Gasteiger partial charge in [-0.25, -0.2) is 0 Å². The van der Waals surface area contributed by atoms with Crippen LogP contribution in [-0.4, -0.2) is 5.78 Å². The molecule has 0 saturated heterocycles. The molecule has 1 aromatic carbocycles. The van der Waals surface area contributed by atoms with Crippen molar-refractivity contribution in [3.63, 3.8) is 0 Å². The largest absolute Gasteiger partial charge is 0.291 e. The molecule has 0 aliphatic carbocycles. The molecule has 2 aromatic rings. The van der Waals surface area contributed by atoms with Crippen LogP contribution in [0.2, 0.25) is 14.4 Å². The standard InChI is InChI=1S/C13H6Cl3NOS/c14-9-2-1-7(5-10(9)15)8(6-17)13(18)11-3-4-12(16)19-11/h1-5,8H. The predicted octanol–water partition coefficient (Wildman–Crippen LogP) is 5.20. The number of halogens is 3. The number of nitrogens with zero attached hydrogens (tertiary/aromatic N) is 1. The zero-order chi connectivity index (χ0) is 14.0. The Morgan fingerprint density at radius 1 is 1.16 bits per heavy atom. The molecule has 6 heteroatoms. The van der Waals surface area contributed by atoms with E-state index in [1.165, 1.54) is 6.07 Å². The fourth-order valence-electron chi connectivity index (χ4n) is 1.57. The molecule has 19 heavy (non-hydrogen) atoms. The van der Waals surface area contributed by atoms with E-state index >= 15 is 0 Å². The highest BCUT2D eigenvalue weighted by molar-refractivity contribution is 7.18. The Labute approximate surface area is 129 Å². The first-order valence-corrected chi connectivity index (χ1v) is 7.12. The maximum absolute atomic E-state index is 12.2. The number of thiophene rings is 1. The van der Waals surface area contributed by atoms with E-state index in [0.29, 0.717) is 24.8 Å². The fourth-order valence-corrected chi connectivity index (χ4v) is 2.89. The van der Waals surface area contributed by atoms with Gasteiger partial charge in [0.25, 0.3) is 0 Å². The molecule has 96 valence electrons. The third-order valence-corrected chi connectivity index (χ3v) is 4.47. The van der Waals surface area contributed by atoms with Gasteiger partial charge in [0.05, 0.1) is 25.3 Å². The second kappa shape index (κ2) is 5.94. The first-order valence-electron chi connectivity index (χ1n) is 5.17. The Hall–Kier alpha value is -1.05. The minimum absolute atomic E-state index is 0.294. The Morgan fingerprint density at radius 2 is 1.89 bits per heavy atom. The first-order chi connectivity index (χ1) is 9.02. The van der Waals surface area contributed by atoms with Crippen LogP contribution in [0.25, 0.3) is 0 Å². The highest BCUT2D eigenvalue weighted by atomic mass is 35.5. The Morgan fingerprint density at radius 3 is 2.42 bits per heavy atom. The van der Waals surface area contributed by atoms with Crippen LogP contribution in [-0.2, 0) is 0 Å². The molecule has 1 aromatic heterocycles. The summed E-state index contributed by atoms with van der Waals surface area (Å²) in [4.78, 5) is 12.7. The van der Waals surface area contributed by atoms with E-state index in [1.54, 1.807) is 24.3 Å². The summed E-state index contributed by atoms with van der Waals surface area (Å²) < 4.78 is 0.508. The maximum atomic E-state index is 12.2. The molecule has 0 fully saturated rings. The van der Waals surface area contributed by atoms with Crippen LogP contribution in [0, 0.1) is 11.3 Å². The van der Waals surface area contributed by atoms with Crippen LogP contribution < -0.4 is 0 Å². The quantitative estimate of drug-likeness (QED) is 0.726. The second-order valence-electron chi connectivity index (χ2n) is 3.70. The van der Waals surface area contributed by atoms with Crippen molar-refractivity contribution < 1.29 is 4.79 Å². The highest BCUT2D eigenvalue weighted by Gasteiger charge is 2.23. The van der Waals surface area contributed by atoms with Crippen molar-refractivity contribution >= 4 is 51.9 Å². The molecule has 0 radical (unpaired) electrons. The van der Waals surface area contributed by atoms with Crippen molar-refractivity contribution in [2.45, 2.75) is 5.92 Å². The van der Waals surface area contributed by atoms with Gasteiger partial charge in [0.1, 0.15) is 5.92 Å². The van der Waals surface area contributed by atoms with Crippen molar-refractivity contribution in [2.75, 3.05) is 0 Å². The van der Waals surface area contributed by atoms with Gasteiger partial charge in [-0.15, -0.1) is 11.3 Å². The average Bonchev–Trinajstić information content (AvgIpc) is 2.81. The topological polar surface area (TPSA) is 40.9 Å². The molecule has 0 aliphatic rings. The van der Waals surface area contributed by atoms with Crippen LogP contribution in [0.1, 0.15) is 21.2 Å². The monoisotopic (exact) mass is 329 g/mol. The van der Waals surface area contributed by atoms with Gasteiger partial charge in [-0.2, -0.15) is 5.26 Å². The van der Waals surface area contributed by atoms with Crippen molar-refractivity contribution in [1.82, 2.24) is 0 Å². The number of ketones is 1. The lowest BCUT2D eigenvalue weighted by Crippen LogP contribution is -2.09. The van der Waals surface area contributed by atoms with Crippen LogP contribution in [0.4, 0.5) is 0 Å². The molecule has 1 atom stereocenters. The van der Waals surface area contributed by atoms with Gasteiger partial charge in [-0.1, -0.05) is 40.9 Å². The van der Waals surface area contributed by atoms with E-state index < -0.39 is 5.92 Å². The third-order valence-electron chi connectivity index (χ3n) is 2.48. The lowest BCUT2D eigenvalue weighted by atomic mass is 9.95. The zero-order valence-corrected chi connectivity index (χ0v) is 12.4. The number of Topliss-reactive ketones (excluding diaryl/α,β-unsaturated/α-hetero) is 1. The van der Waals surface area contributed by atoms with Gasteiger partial charge >= 0.3 is 0 Å². The smallest absolute Gasteiger partial charge is 0.194 e. The number of hydrogen-bond donors (Lipinski definition) is 0. The highest BCUT2D eigenvalue weighted by Crippen LogP contribution is 2.30. The summed E-state index contributed by atoms with van der Waals surface area (Å²) in [7, 11) is 0. The number of carbonyl (C=O) groups excluding carboxylic acids is 1. The SMILES string of the molecule is N#CC(C(=O)c1ccc(Cl)s1)c1ccc(Cl)c(Cl)c1. The van der Waals surface area contributed by atoms with E-state index in [-0.39, 0.29) is 5.78 Å². The molecule has 0 N–H and O–H groups in total. The Kier molecular flexibility index (Phi) is 4.49. The molecule has 2 rings (SSSR count). The average molecular weight is 331 g/mol. The lowest BCUT2D eigenvalue weighted by molar-refractivity contribution is 0.0983. The van der Waals surface area contributed by atoms with E-state index in [0.717, 1.165) is 11.3 Å². The number of rotatable bonds is 3. The summed E-state index contributed by atoms with van der Waals surface area (Å²) in [6, 6.07) is 9.94. The van der Waals surface area contributed by atoms with Crippen molar-refractivity contribution in [2.24, 2.45) is 0 Å². The zero-order valence-electron chi connectivity index (χ0n) is 9.36. The Bertz CT molecular complexity index is 675. The van der Waals surface area contributed by atoms with Gasteiger partial charge in [0, 0.05) is 0 Å². The molecule has 2 nitrogen and oxygen atoms in total. The van der Waals surface area contributed by atoms with Crippen molar-refractivity contribution in [3.05, 3.63) is 55.2 Å². The van der Waals surface area contributed by atoms with Crippen molar-refractivity contribution in [3.8, 4) is 6.07 Å². The minimum Gasteiger partial charge on any atom is -0.291 e. The number of nitriles is 1. The van der Waals surface area contributed by atoms with Crippen molar-refractivity contribution in [1.29, 1.82) is 5.26 Å². The summed E-state index contributed by atoms with van der Waals surface area (Å²) in [6.45, 7) is 0. The van der Waals surface area contributed by atoms with Gasteiger partial charge in [-0.05, 0) is 29.8 Å². The Balaban J connectivity index is 2.37. The molecule has 0 aliphatic heterocycles. The first kappa shape index (κ1) is 14.4. The van der Waals surface area contributed by atoms with E-state index in [9.17, 15) is 10.1 Å². The summed E-state index contributed by atoms with van der Waals surface area (Å²) in [5.41, 5.74) is 0.520. The number of benzene rings is 1. The second-order valence-corrected chi connectivity index (χ2v) is 6.23. The van der Waals surface area contributed by atoms with Crippen LogP contribution >= 0.6 is 46.1 Å². The van der Waals surface area contributed by atoms with Gasteiger partial charge < -0.3 is 0 Å². The normalized spacial score (nSPS) is 11.9. The summed E-state index contributed by atoms with van der Waals surface area (Å²) >= 11 is 18.6. The minimum atomic E-state index is -0.913. The molecule has 0 saturated carbocycles. The summed E-state index contributed by atoms with van der Waals surface area (Å²) in [5.74, 6) is -1.21. The number of carbonyl (C=O) groups is 1. The fraction of sp³-hybridized carbons (Fsp3) is 0.0769. The van der Waals surface area contributed by atoms with Gasteiger partial charge in [-0.3, -0.25) is 4.79 Å². The van der Waals surface area contributed by atoms with Crippen LogP contribution in [0.5, 0.6) is 0 Å². The summed E-state index contributed by atoms with van der Waals surface area (Å²) in [6.07, 6.45) is 0. The molecule has 0 bridgehead atoms. The van der Waals surface area contributed by atoms with Gasteiger partial charge in [0.2, 0.25) is 0 Å². The van der Waals surface area contributed by atoms with E-state index in [4.69, 9.17) is 34.8 Å². The molecule has 0 amide bonds. The van der Waals surface area contributed by atoms with E-state index in [1.807, 2.05) is 6.07 Å².